The topological polar surface area (TPSA) is 90.2 Å². The van der Waals surface area contributed by atoms with Crippen LogP contribution in [0.5, 0.6) is 5.75 Å². The van der Waals surface area contributed by atoms with Crippen LogP contribution in [0.2, 0.25) is 0 Å². The van der Waals surface area contributed by atoms with Crippen LogP contribution in [-0.2, 0) is 9.59 Å². The van der Waals surface area contributed by atoms with Crippen LogP contribution in [0, 0.1) is 0 Å². The highest BCUT2D eigenvalue weighted by Crippen LogP contribution is 2.37. The maximum absolute atomic E-state index is 12.5. The maximum atomic E-state index is 12.5. The number of hydrogen-bond acceptors (Lipinski definition) is 4. The molecule has 132 valence electrons. The van der Waals surface area contributed by atoms with Crippen molar-refractivity contribution in [2.45, 2.75) is 12.5 Å². The van der Waals surface area contributed by atoms with Crippen LogP contribution in [0.15, 0.2) is 70.3 Å². The van der Waals surface area contributed by atoms with Gasteiger partial charge in [0, 0.05) is 28.6 Å². The van der Waals surface area contributed by atoms with Crippen molar-refractivity contribution in [3.63, 3.8) is 0 Å². The van der Waals surface area contributed by atoms with E-state index >= 15 is 0 Å². The first kappa shape index (κ1) is 17.9. The van der Waals surface area contributed by atoms with Gasteiger partial charge in [-0.3, -0.25) is 4.79 Å². The lowest BCUT2D eigenvalue weighted by Crippen LogP contribution is -2.25. The number of aliphatic carboxylic acids is 1. The lowest BCUT2D eigenvalue weighted by atomic mass is 9.98. The number of para-hydroxylation sites is 1. The van der Waals surface area contributed by atoms with Gasteiger partial charge < -0.3 is 10.2 Å². The number of carboxylic acids is 1. The number of amides is 1. The number of halogens is 1. The van der Waals surface area contributed by atoms with E-state index in [1.54, 1.807) is 24.3 Å². The molecular weight excluding hydrogens is 400 g/mol. The SMILES string of the molecule is O=C(O)/C=C\C(=O)N1N=C(c2ccc(Br)cc2)C[C@@H]1c1ccccc1O. The highest BCUT2D eigenvalue weighted by molar-refractivity contribution is 9.10. The van der Waals surface area contributed by atoms with Crippen LogP contribution < -0.4 is 0 Å². The normalized spacial score (nSPS) is 16.7. The van der Waals surface area contributed by atoms with E-state index in [9.17, 15) is 14.7 Å². The van der Waals surface area contributed by atoms with Crippen molar-refractivity contribution in [1.29, 1.82) is 0 Å². The van der Waals surface area contributed by atoms with Crippen molar-refractivity contribution >= 4 is 33.5 Å². The Morgan fingerprint density at radius 1 is 1.12 bits per heavy atom. The molecule has 0 bridgehead atoms. The van der Waals surface area contributed by atoms with E-state index < -0.39 is 17.9 Å². The van der Waals surface area contributed by atoms with Crippen molar-refractivity contribution in [2.24, 2.45) is 5.10 Å². The molecule has 1 aliphatic heterocycles. The Morgan fingerprint density at radius 2 is 1.81 bits per heavy atom. The molecule has 0 aliphatic carbocycles. The molecule has 6 nitrogen and oxygen atoms in total. The predicted octanol–water partition coefficient (Wildman–Crippen LogP) is 3.47. The molecule has 1 aliphatic rings. The van der Waals surface area contributed by atoms with Gasteiger partial charge in [-0.2, -0.15) is 5.10 Å². The number of carbonyl (C=O) groups is 2. The minimum absolute atomic E-state index is 0.0600. The Balaban J connectivity index is 1.98. The molecule has 0 spiro atoms. The summed E-state index contributed by atoms with van der Waals surface area (Å²) in [7, 11) is 0. The standard InChI is InChI=1S/C19H15BrN2O4/c20-13-7-5-12(6-8-13)15-11-16(14-3-1-2-4-17(14)23)22(21-15)18(24)9-10-19(25)26/h1-10,16,23H,11H2,(H,25,26)/b10-9-/t16-/m1/s1. The predicted molar refractivity (Wildman–Crippen MR) is 99.8 cm³/mol. The number of hydrazone groups is 1. The van der Waals surface area contributed by atoms with Gasteiger partial charge >= 0.3 is 5.97 Å². The second kappa shape index (κ2) is 7.53. The fraction of sp³-hybridized carbons (Fsp3) is 0.105. The minimum Gasteiger partial charge on any atom is -0.508 e. The Hall–Kier alpha value is -2.93. The highest BCUT2D eigenvalue weighted by atomic mass is 79.9. The van der Waals surface area contributed by atoms with E-state index in [1.807, 2.05) is 24.3 Å². The van der Waals surface area contributed by atoms with Crippen molar-refractivity contribution in [2.75, 3.05) is 0 Å². The van der Waals surface area contributed by atoms with Gasteiger partial charge in [0.15, 0.2) is 0 Å². The summed E-state index contributed by atoms with van der Waals surface area (Å²) in [4.78, 5) is 23.2. The molecule has 3 rings (SSSR count). The second-order valence-electron chi connectivity index (χ2n) is 5.69. The molecule has 1 amide bonds. The van der Waals surface area contributed by atoms with Crippen LogP contribution in [-0.4, -0.2) is 32.8 Å². The van der Waals surface area contributed by atoms with Crippen LogP contribution in [0.4, 0.5) is 0 Å². The van der Waals surface area contributed by atoms with E-state index in [-0.39, 0.29) is 5.75 Å². The zero-order valence-corrected chi connectivity index (χ0v) is 15.1. The molecule has 0 aromatic heterocycles. The summed E-state index contributed by atoms with van der Waals surface area (Å²) in [5.41, 5.74) is 2.09. The van der Waals surface area contributed by atoms with Gasteiger partial charge in [0.1, 0.15) is 5.75 Å². The number of hydrogen-bond donors (Lipinski definition) is 2. The molecule has 2 aromatic rings. The first-order valence-corrected chi connectivity index (χ1v) is 8.60. The third-order valence-corrected chi connectivity index (χ3v) is 4.51. The summed E-state index contributed by atoms with van der Waals surface area (Å²) in [6, 6.07) is 13.7. The summed E-state index contributed by atoms with van der Waals surface area (Å²) >= 11 is 3.38. The van der Waals surface area contributed by atoms with Crippen LogP contribution in [0.1, 0.15) is 23.6 Å². The van der Waals surface area contributed by atoms with Gasteiger partial charge in [-0.05, 0) is 23.8 Å². The monoisotopic (exact) mass is 414 g/mol. The number of phenols is 1. The summed E-state index contributed by atoms with van der Waals surface area (Å²) in [6.45, 7) is 0. The molecule has 0 unspecified atom stereocenters. The quantitative estimate of drug-likeness (QED) is 0.749. The van der Waals surface area contributed by atoms with Crippen LogP contribution >= 0.6 is 15.9 Å². The van der Waals surface area contributed by atoms with Crippen molar-refractivity contribution in [3.05, 3.63) is 76.3 Å². The number of carbonyl (C=O) groups excluding carboxylic acids is 1. The third-order valence-electron chi connectivity index (χ3n) is 3.98. The van der Waals surface area contributed by atoms with Gasteiger partial charge in [-0.15, -0.1) is 0 Å². The van der Waals surface area contributed by atoms with E-state index in [4.69, 9.17) is 5.11 Å². The van der Waals surface area contributed by atoms with Crippen molar-refractivity contribution < 1.29 is 19.8 Å². The molecule has 2 aromatic carbocycles. The zero-order valence-electron chi connectivity index (χ0n) is 13.5. The number of nitrogens with zero attached hydrogens (tertiary/aromatic N) is 2. The molecule has 26 heavy (non-hydrogen) atoms. The van der Waals surface area contributed by atoms with E-state index in [0.29, 0.717) is 17.7 Å². The van der Waals surface area contributed by atoms with Gasteiger partial charge in [0.2, 0.25) is 0 Å². The summed E-state index contributed by atoms with van der Waals surface area (Å²) < 4.78 is 0.925. The molecule has 7 heteroatoms. The van der Waals surface area contributed by atoms with Crippen LogP contribution in [0.25, 0.3) is 0 Å². The van der Waals surface area contributed by atoms with Gasteiger partial charge in [0.25, 0.3) is 5.91 Å². The van der Waals surface area contributed by atoms with Crippen molar-refractivity contribution in [1.82, 2.24) is 5.01 Å². The molecule has 0 fully saturated rings. The van der Waals surface area contributed by atoms with Crippen molar-refractivity contribution in [3.8, 4) is 5.75 Å². The Bertz CT molecular complexity index is 906. The molecular formula is C19H15BrN2O4. The Kier molecular flexibility index (Phi) is 5.18. The smallest absolute Gasteiger partial charge is 0.328 e. The molecule has 2 N–H and O–H groups in total. The summed E-state index contributed by atoms with van der Waals surface area (Å²) in [5, 5.41) is 24.5. The average molecular weight is 415 g/mol. The number of phenolic OH excluding ortho intramolecular Hbond substituents is 1. The highest BCUT2D eigenvalue weighted by Gasteiger charge is 2.33. The minimum atomic E-state index is -1.21. The molecule has 0 saturated carbocycles. The van der Waals surface area contributed by atoms with Gasteiger partial charge in [-0.1, -0.05) is 46.3 Å². The fourth-order valence-corrected chi connectivity index (χ4v) is 3.03. The largest absolute Gasteiger partial charge is 0.508 e. The Labute approximate surface area is 158 Å². The van der Waals surface area contributed by atoms with Crippen LogP contribution in [0.3, 0.4) is 0 Å². The molecule has 1 heterocycles. The lowest BCUT2D eigenvalue weighted by Gasteiger charge is -2.21. The Morgan fingerprint density at radius 3 is 2.46 bits per heavy atom. The first-order valence-electron chi connectivity index (χ1n) is 7.81. The summed E-state index contributed by atoms with van der Waals surface area (Å²) in [6.07, 6.45) is 2.15. The van der Waals surface area contributed by atoms with Gasteiger partial charge in [0.05, 0.1) is 11.8 Å². The average Bonchev–Trinajstić information content (AvgIpc) is 3.06. The fourth-order valence-electron chi connectivity index (χ4n) is 2.76. The first-order chi connectivity index (χ1) is 12.5. The zero-order chi connectivity index (χ0) is 18.7. The second-order valence-corrected chi connectivity index (χ2v) is 6.60. The number of rotatable bonds is 4. The van der Waals surface area contributed by atoms with E-state index in [2.05, 4.69) is 21.0 Å². The maximum Gasteiger partial charge on any atom is 0.328 e. The van der Waals surface area contributed by atoms with Gasteiger partial charge in [-0.25, -0.2) is 9.80 Å². The third kappa shape index (κ3) is 3.83. The molecule has 0 saturated heterocycles. The molecule has 0 radical (unpaired) electrons. The lowest BCUT2D eigenvalue weighted by molar-refractivity contribution is -0.132. The molecule has 1 atom stereocenters. The van der Waals surface area contributed by atoms with E-state index in [0.717, 1.165) is 22.2 Å². The number of aromatic hydroxyl groups is 1. The number of benzene rings is 2. The summed E-state index contributed by atoms with van der Waals surface area (Å²) in [5.74, 6) is -1.72. The number of carboxylic acid groups (broad SMARTS) is 1. The van der Waals surface area contributed by atoms with E-state index in [1.165, 1.54) is 5.01 Å².